The molecule has 88 valence electrons. The fourth-order valence-electron chi connectivity index (χ4n) is 1.51. The third kappa shape index (κ3) is 3.51. The van der Waals surface area contributed by atoms with Crippen molar-refractivity contribution in [2.45, 2.75) is 13.3 Å². The van der Waals surface area contributed by atoms with Crippen molar-refractivity contribution in [3.63, 3.8) is 0 Å². The lowest BCUT2D eigenvalue weighted by molar-refractivity contribution is -0.118. The number of benzene rings is 1. The van der Waals surface area contributed by atoms with Gasteiger partial charge in [-0.3, -0.25) is 4.79 Å². The van der Waals surface area contributed by atoms with Gasteiger partial charge < -0.3 is 10.2 Å². The highest BCUT2D eigenvalue weighted by molar-refractivity contribution is 6.30. The van der Waals surface area contributed by atoms with Crippen LogP contribution in [-0.4, -0.2) is 26.0 Å². The number of carbonyl (C=O) groups excluding carboxylic acids is 1. The van der Waals surface area contributed by atoms with Crippen LogP contribution in [0.5, 0.6) is 0 Å². The highest BCUT2D eigenvalue weighted by Crippen LogP contribution is 2.19. The van der Waals surface area contributed by atoms with Gasteiger partial charge in [-0.15, -0.1) is 0 Å². The normalized spacial score (nSPS) is 10.2. The van der Waals surface area contributed by atoms with E-state index in [-0.39, 0.29) is 5.91 Å². The highest BCUT2D eigenvalue weighted by atomic mass is 35.5. The zero-order valence-electron chi connectivity index (χ0n) is 9.66. The van der Waals surface area contributed by atoms with Crippen LogP contribution in [0.1, 0.15) is 13.3 Å². The number of hydrogen-bond donors (Lipinski definition) is 1. The second-order valence-corrected chi connectivity index (χ2v) is 3.91. The van der Waals surface area contributed by atoms with Crippen molar-refractivity contribution in [2.75, 3.05) is 25.0 Å². The number of carbonyl (C=O) groups is 1. The Morgan fingerprint density at radius 3 is 2.81 bits per heavy atom. The Morgan fingerprint density at radius 1 is 1.50 bits per heavy atom. The number of halogens is 1. The fraction of sp³-hybridized carbons (Fsp3) is 0.417. The third-order valence-electron chi connectivity index (χ3n) is 2.33. The maximum Gasteiger partial charge on any atom is 0.228 e. The van der Waals surface area contributed by atoms with Crippen LogP contribution in [-0.2, 0) is 4.79 Å². The first-order chi connectivity index (χ1) is 7.69. The Hall–Kier alpha value is -1.06. The monoisotopic (exact) mass is 240 g/mol. The lowest BCUT2D eigenvalue weighted by Crippen LogP contribution is -2.32. The van der Waals surface area contributed by atoms with Crippen molar-refractivity contribution < 1.29 is 4.79 Å². The molecule has 1 amide bonds. The first-order valence-electron chi connectivity index (χ1n) is 5.39. The summed E-state index contributed by atoms with van der Waals surface area (Å²) in [5.41, 5.74) is 0.858. The van der Waals surface area contributed by atoms with E-state index in [1.807, 2.05) is 32.2 Å². The molecule has 4 heteroatoms. The van der Waals surface area contributed by atoms with Crippen molar-refractivity contribution in [1.82, 2.24) is 5.32 Å². The molecule has 0 aliphatic rings. The van der Waals surface area contributed by atoms with Crippen molar-refractivity contribution in [2.24, 2.45) is 0 Å². The van der Waals surface area contributed by atoms with E-state index in [1.54, 1.807) is 11.0 Å². The van der Waals surface area contributed by atoms with Gasteiger partial charge in [-0.1, -0.05) is 17.7 Å². The summed E-state index contributed by atoms with van der Waals surface area (Å²) in [7, 11) is 1.84. The van der Waals surface area contributed by atoms with Gasteiger partial charge in [0.15, 0.2) is 0 Å². The van der Waals surface area contributed by atoms with Gasteiger partial charge in [-0.2, -0.15) is 0 Å². The Kier molecular flexibility index (Phi) is 5.29. The SMILES string of the molecule is CCN(C(=O)CCNC)c1cccc(Cl)c1. The van der Waals surface area contributed by atoms with E-state index in [2.05, 4.69) is 5.32 Å². The molecule has 0 saturated carbocycles. The number of nitrogens with one attached hydrogen (secondary N) is 1. The second-order valence-electron chi connectivity index (χ2n) is 3.47. The van der Waals surface area contributed by atoms with Gasteiger partial charge in [-0.25, -0.2) is 0 Å². The van der Waals surface area contributed by atoms with Crippen LogP contribution in [0.4, 0.5) is 5.69 Å². The molecule has 0 radical (unpaired) electrons. The summed E-state index contributed by atoms with van der Waals surface area (Å²) in [5, 5.41) is 3.62. The minimum Gasteiger partial charge on any atom is -0.319 e. The summed E-state index contributed by atoms with van der Waals surface area (Å²) in [6.45, 7) is 3.30. The van der Waals surface area contributed by atoms with Crippen LogP contribution in [0, 0.1) is 0 Å². The smallest absolute Gasteiger partial charge is 0.228 e. The standard InChI is InChI=1S/C12H17ClN2O/c1-3-15(12(16)7-8-14-2)11-6-4-5-10(13)9-11/h4-6,9,14H,3,7-8H2,1-2H3. The molecule has 0 aliphatic carbocycles. The Balaban J connectivity index is 2.77. The zero-order chi connectivity index (χ0) is 12.0. The summed E-state index contributed by atoms with van der Waals surface area (Å²) in [4.78, 5) is 13.6. The first kappa shape index (κ1) is 13.0. The average Bonchev–Trinajstić information content (AvgIpc) is 2.27. The molecule has 0 fully saturated rings. The van der Waals surface area contributed by atoms with Crippen molar-refractivity contribution in [3.05, 3.63) is 29.3 Å². The third-order valence-corrected chi connectivity index (χ3v) is 2.56. The summed E-state index contributed by atoms with van der Waals surface area (Å²) >= 11 is 5.90. The minimum absolute atomic E-state index is 0.110. The number of rotatable bonds is 5. The first-order valence-corrected chi connectivity index (χ1v) is 5.77. The molecule has 0 bridgehead atoms. The molecule has 0 aromatic heterocycles. The van der Waals surface area contributed by atoms with Crippen molar-refractivity contribution in [1.29, 1.82) is 0 Å². The largest absolute Gasteiger partial charge is 0.319 e. The lowest BCUT2D eigenvalue weighted by atomic mass is 10.2. The molecule has 1 aromatic carbocycles. The van der Waals surface area contributed by atoms with Crippen molar-refractivity contribution >= 4 is 23.2 Å². The van der Waals surface area contributed by atoms with E-state index in [1.165, 1.54) is 0 Å². The van der Waals surface area contributed by atoms with Gasteiger partial charge >= 0.3 is 0 Å². The number of anilines is 1. The van der Waals surface area contributed by atoms with Crippen LogP contribution in [0.2, 0.25) is 5.02 Å². The topological polar surface area (TPSA) is 32.3 Å². The van der Waals surface area contributed by atoms with E-state index < -0.39 is 0 Å². The van der Waals surface area contributed by atoms with Crippen LogP contribution >= 0.6 is 11.6 Å². The highest BCUT2D eigenvalue weighted by Gasteiger charge is 2.12. The summed E-state index contributed by atoms with van der Waals surface area (Å²) in [6.07, 6.45) is 0.497. The molecule has 16 heavy (non-hydrogen) atoms. The van der Waals surface area contributed by atoms with Gasteiger partial charge in [0.05, 0.1) is 0 Å². The van der Waals surface area contributed by atoms with E-state index in [0.717, 1.165) is 5.69 Å². The molecule has 0 heterocycles. The molecule has 3 nitrogen and oxygen atoms in total. The maximum atomic E-state index is 11.9. The zero-order valence-corrected chi connectivity index (χ0v) is 10.4. The molecule has 1 N–H and O–H groups in total. The molecule has 1 rings (SSSR count). The number of amides is 1. The van der Waals surface area contributed by atoms with E-state index >= 15 is 0 Å². The Labute approximate surface area is 101 Å². The quantitative estimate of drug-likeness (QED) is 0.857. The molecule has 0 saturated heterocycles. The van der Waals surface area contributed by atoms with E-state index in [4.69, 9.17) is 11.6 Å². The molecule has 1 aromatic rings. The maximum absolute atomic E-state index is 11.9. The van der Waals surface area contributed by atoms with Gasteiger partial charge in [0, 0.05) is 30.2 Å². The Morgan fingerprint density at radius 2 is 2.25 bits per heavy atom. The van der Waals surface area contributed by atoms with E-state index in [0.29, 0.717) is 24.5 Å². The molecule has 0 unspecified atom stereocenters. The van der Waals surface area contributed by atoms with Crippen LogP contribution in [0.25, 0.3) is 0 Å². The van der Waals surface area contributed by atoms with Gasteiger partial charge in [-0.05, 0) is 32.2 Å². The Bertz CT molecular complexity index is 355. The molecule has 0 atom stereocenters. The van der Waals surface area contributed by atoms with Crippen LogP contribution in [0.3, 0.4) is 0 Å². The van der Waals surface area contributed by atoms with Gasteiger partial charge in [0.1, 0.15) is 0 Å². The molecular weight excluding hydrogens is 224 g/mol. The molecule has 0 spiro atoms. The van der Waals surface area contributed by atoms with Gasteiger partial charge in [0.2, 0.25) is 5.91 Å². The van der Waals surface area contributed by atoms with E-state index in [9.17, 15) is 4.79 Å². The predicted octanol–water partition coefficient (Wildman–Crippen LogP) is 2.30. The average molecular weight is 241 g/mol. The van der Waals surface area contributed by atoms with Crippen LogP contribution < -0.4 is 10.2 Å². The molecular formula is C12H17ClN2O. The lowest BCUT2D eigenvalue weighted by Gasteiger charge is -2.21. The van der Waals surface area contributed by atoms with Crippen molar-refractivity contribution in [3.8, 4) is 0 Å². The minimum atomic E-state index is 0.110. The number of hydrogen-bond acceptors (Lipinski definition) is 2. The molecule has 0 aliphatic heterocycles. The summed E-state index contributed by atoms with van der Waals surface area (Å²) in [5.74, 6) is 0.110. The summed E-state index contributed by atoms with van der Waals surface area (Å²) < 4.78 is 0. The fourth-order valence-corrected chi connectivity index (χ4v) is 1.70. The summed E-state index contributed by atoms with van der Waals surface area (Å²) in [6, 6.07) is 7.36. The second kappa shape index (κ2) is 6.51. The number of nitrogens with zero attached hydrogens (tertiary/aromatic N) is 1. The van der Waals surface area contributed by atoms with Crippen LogP contribution in [0.15, 0.2) is 24.3 Å². The van der Waals surface area contributed by atoms with Gasteiger partial charge in [0.25, 0.3) is 0 Å². The predicted molar refractivity (Wildman–Crippen MR) is 68.0 cm³/mol.